The van der Waals surface area contributed by atoms with Crippen LogP contribution in [0.25, 0.3) is 0 Å². The van der Waals surface area contributed by atoms with E-state index < -0.39 is 0 Å². The highest BCUT2D eigenvalue weighted by Crippen LogP contribution is 2.11. The van der Waals surface area contributed by atoms with E-state index in [1.165, 1.54) is 6.92 Å². The minimum Gasteiger partial charge on any atom is -0.497 e. The Kier molecular flexibility index (Phi) is 2.95. The number of carbonyl (C=O) groups is 1. The summed E-state index contributed by atoms with van der Waals surface area (Å²) in [5.41, 5.74) is 1.81. The molecule has 4 heteroatoms. The molecule has 1 rings (SSSR count). The van der Waals surface area contributed by atoms with Crippen molar-refractivity contribution in [3.05, 3.63) is 18.2 Å². The van der Waals surface area contributed by atoms with Gasteiger partial charge in [-0.15, -0.1) is 0 Å². The number of hydrogen-bond donors (Lipinski definition) is 1. The van der Waals surface area contributed by atoms with Gasteiger partial charge in [0.05, 0.1) is 7.11 Å². The minimum absolute atomic E-state index is 0.0652. The molecule has 13 heavy (non-hydrogen) atoms. The highest BCUT2D eigenvalue weighted by molar-refractivity contribution is 6.34. The van der Waals surface area contributed by atoms with E-state index >= 15 is 0 Å². The standard InChI is InChI=1S/C9H12BNO2/c1-6(12)11-7-3-4-9(13-2)8(10)5-7/h3-5H,10H2,1-2H3,(H,11,12). The quantitative estimate of drug-likeness (QED) is 0.641. The van der Waals surface area contributed by atoms with Gasteiger partial charge in [-0.1, -0.05) is 0 Å². The van der Waals surface area contributed by atoms with Crippen LogP contribution in [0.3, 0.4) is 0 Å². The summed E-state index contributed by atoms with van der Waals surface area (Å²) in [5, 5.41) is 2.70. The van der Waals surface area contributed by atoms with Crippen molar-refractivity contribution in [1.82, 2.24) is 0 Å². The summed E-state index contributed by atoms with van der Waals surface area (Å²) in [5.74, 6) is 0.763. The average Bonchev–Trinajstić information content (AvgIpc) is 2.03. The molecule has 3 nitrogen and oxygen atoms in total. The third-order valence-corrected chi connectivity index (χ3v) is 1.72. The van der Waals surface area contributed by atoms with Crippen molar-refractivity contribution in [1.29, 1.82) is 0 Å². The molecule has 0 atom stereocenters. The predicted molar refractivity (Wildman–Crippen MR) is 55.5 cm³/mol. The second-order valence-electron chi connectivity index (χ2n) is 2.87. The van der Waals surface area contributed by atoms with Crippen molar-refractivity contribution in [2.24, 2.45) is 0 Å². The number of anilines is 1. The Labute approximate surface area is 78.5 Å². The van der Waals surface area contributed by atoms with Crippen molar-refractivity contribution < 1.29 is 9.53 Å². The maximum absolute atomic E-state index is 10.7. The molecule has 1 amide bonds. The van der Waals surface area contributed by atoms with Crippen LogP contribution in [-0.4, -0.2) is 20.9 Å². The van der Waals surface area contributed by atoms with Gasteiger partial charge in [0.2, 0.25) is 5.91 Å². The number of hydrogen-bond acceptors (Lipinski definition) is 2. The van der Waals surface area contributed by atoms with E-state index in [0.717, 1.165) is 16.9 Å². The number of rotatable bonds is 2. The highest BCUT2D eigenvalue weighted by atomic mass is 16.5. The molecule has 0 unspecified atom stereocenters. The molecule has 0 spiro atoms. The SMILES string of the molecule is Bc1cc(NC(C)=O)ccc1OC. The zero-order valence-electron chi connectivity index (χ0n) is 8.05. The molecular weight excluding hydrogens is 165 g/mol. The van der Waals surface area contributed by atoms with Crippen LogP contribution in [0.4, 0.5) is 5.69 Å². The van der Waals surface area contributed by atoms with E-state index in [1.54, 1.807) is 7.11 Å². The highest BCUT2D eigenvalue weighted by Gasteiger charge is 2.00. The molecule has 0 bridgehead atoms. The van der Waals surface area contributed by atoms with Crippen LogP contribution < -0.4 is 15.5 Å². The molecular formula is C9H12BNO2. The molecule has 0 heterocycles. The third kappa shape index (κ3) is 2.51. The fourth-order valence-corrected chi connectivity index (χ4v) is 1.16. The zero-order chi connectivity index (χ0) is 9.84. The third-order valence-electron chi connectivity index (χ3n) is 1.72. The summed E-state index contributed by atoms with van der Waals surface area (Å²) in [6, 6.07) is 5.52. The largest absolute Gasteiger partial charge is 0.497 e. The lowest BCUT2D eigenvalue weighted by atomic mass is 9.94. The molecule has 1 N–H and O–H groups in total. The zero-order valence-corrected chi connectivity index (χ0v) is 8.05. The second kappa shape index (κ2) is 3.98. The summed E-state index contributed by atoms with van der Waals surface area (Å²) < 4.78 is 5.09. The average molecular weight is 177 g/mol. The molecule has 0 aromatic heterocycles. The lowest BCUT2D eigenvalue weighted by Crippen LogP contribution is -2.11. The Morgan fingerprint density at radius 2 is 2.23 bits per heavy atom. The van der Waals surface area contributed by atoms with Gasteiger partial charge in [0.15, 0.2) is 0 Å². The van der Waals surface area contributed by atoms with Gasteiger partial charge < -0.3 is 10.1 Å². The first-order chi connectivity index (χ1) is 6.13. The molecule has 68 valence electrons. The first kappa shape index (κ1) is 9.64. The normalized spacial score (nSPS) is 9.38. The maximum Gasteiger partial charge on any atom is 0.221 e. The Morgan fingerprint density at radius 1 is 1.54 bits per heavy atom. The Bertz CT molecular complexity index is 325. The van der Waals surface area contributed by atoms with E-state index in [4.69, 9.17) is 4.74 Å². The van der Waals surface area contributed by atoms with Crippen molar-refractivity contribution >= 4 is 24.9 Å². The van der Waals surface area contributed by atoms with Crippen molar-refractivity contribution in [3.63, 3.8) is 0 Å². The summed E-state index contributed by atoms with van der Waals surface area (Å²) in [6.45, 7) is 1.49. The molecule has 0 aliphatic heterocycles. The van der Waals surface area contributed by atoms with E-state index in [1.807, 2.05) is 26.0 Å². The van der Waals surface area contributed by atoms with Crippen molar-refractivity contribution in [2.45, 2.75) is 6.92 Å². The molecule has 1 aromatic carbocycles. The predicted octanol–water partition coefficient (Wildman–Crippen LogP) is -0.0880. The molecule has 0 aliphatic carbocycles. The van der Waals surface area contributed by atoms with Gasteiger partial charge in [0.1, 0.15) is 13.6 Å². The Balaban J connectivity index is 2.89. The second-order valence-corrected chi connectivity index (χ2v) is 2.87. The number of carbonyl (C=O) groups excluding carboxylic acids is 1. The number of nitrogens with one attached hydrogen (secondary N) is 1. The van der Waals surface area contributed by atoms with E-state index in [9.17, 15) is 4.79 Å². The topological polar surface area (TPSA) is 38.3 Å². The number of amides is 1. The molecule has 0 saturated heterocycles. The van der Waals surface area contributed by atoms with Gasteiger partial charge in [-0.3, -0.25) is 4.79 Å². The van der Waals surface area contributed by atoms with E-state index in [0.29, 0.717) is 0 Å². The van der Waals surface area contributed by atoms with Gasteiger partial charge in [0, 0.05) is 12.6 Å². The van der Waals surface area contributed by atoms with Gasteiger partial charge in [0.25, 0.3) is 0 Å². The van der Waals surface area contributed by atoms with Crippen molar-refractivity contribution in [2.75, 3.05) is 12.4 Å². The smallest absolute Gasteiger partial charge is 0.221 e. The van der Waals surface area contributed by atoms with Gasteiger partial charge in [-0.05, 0) is 23.7 Å². The molecule has 0 aliphatic rings. The maximum atomic E-state index is 10.7. The van der Waals surface area contributed by atoms with Crippen LogP contribution in [-0.2, 0) is 4.79 Å². The van der Waals surface area contributed by atoms with Gasteiger partial charge in [-0.25, -0.2) is 0 Å². The first-order valence-electron chi connectivity index (χ1n) is 4.05. The molecule has 0 fully saturated rings. The number of benzene rings is 1. The molecule has 1 aromatic rings. The van der Waals surface area contributed by atoms with Gasteiger partial charge >= 0.3 is 0 Å². The Morgan fingerprint density at radius 3 is 2.69 bits per heavy atom. The van der Waals surface area contributed by atoms with E-state index in [-0.39, 0.29) is 5.91 Å². The van der Waals surface area contributed by atoms with Crippen molar-refractivity contribution in [3.8, 4) is 5.75 Å². The summed E-state index contributed by atoms with van der Waals surface area (Å²) in [6.07, 6.45) is 0. The van der Waals surface area contributed by atoms with Crippen LogP contribution in [0.15, 0.2) is 18.2 Å². The Hall–Kier alpha value is -1.45. The van der Waals surface area contributed by atoms with Crippen LogP contribution in [0.1, 0.15) is 6.92 Å². The lowest BCUT2D eigenvalue weighted by Gasteiger charge is -2.07. The van der Waals surface area contributed by atoms with Crippen LogP contribution in [0.5, 0.6) is 5.75 Å². The minimum atomic E-state index is -0.0652. The van der Waals surface area contributed by atoms with Gasteiger partial charge in [-0.2, -0.15) is 0 Å². The number of methoxy groups -OCH3 is 1. The van der Waals surface area contributed by atoms with Crippen LogP contribution in [0, 0.1) is 0 Å². The first-order valence-corrected chi connectivity index (χ1v) is 4.05. The lowest BCUT2D eigenvalue weighted by molar-refractivity contribution is -0.114. The van der Waals surface area contributed by atoms with E-state index in [2.05, 4.69) is 5.32 Å². The van der Waals surface area contributed by atoms with Crippen LogP contribution >= 0.6 is 0 Å². The molecule has 0 saturated carbocycles. The monoisotopic (exact) mass is 177 g/mol. The number of ether oxygens (including phenoxy) is 1. The summed E-state index contributed by atoms with van der Waals surface area (Å²) in [7, 11) is 3.56. The summed E-state index contributed by atoms with van der Waals surface area (Å²) in [4.78, 5) is 10.7. The fraction of sp³-hybridized carbons (Fsp3) is 0.222. The molecule has 0 radical (unpaired) electrons. The summed E-state index contributed by atoms with van der Waals surface area (Å²) >= 11 is 0. The fourth-order valence-electron chi connectivity index (χ4n) is 1.16. The van der Waals surface area contributed by atoms with Crippen LogP contribution in [0.2, 0.25) is 0 Å².